The summed E-state index contributed by atoms with van der Waals surface area (Å²) in [5.74, 6) is -2.59. The summed E-state index contributed by atoms with van der Waals surface area (Å²) >= 11 is 0. The van der Waals surface area contributed by atoms with E-state index in [9.17, 15) is 19.5 Å². The quantitative estimate of drug-likeness (QED) is 0.411. The van der Waals surface area contributed by atoms with Gasteiger partial charge in [-0.25, -0.2) is 0 Å². The number of nitrogens with one attached hydrogen (secondary N) is 2. The molecule has 9 nitrogen and oxygen atoms in total. The van der Waals surface area contributed by atoms with Crippen LogP contribution in [-0.2, 0) is 25.5 Å². The van der Waals surface area contributed by atoms with E-state index in [0.717, 1.165) is 24.3 Å². The second-order valence-electron chi connectivity index (χ2n) is 11.8. The van der Waals surface area contributed by atoms with Crippen LogP contribution in [0.3, 0.4) is 0 Å². The Morgan fingerprint density at radius 2 is 1.76 bits per heavy atom. The van der Waals surface area contributed by atoms with Crippen LogP contribution in [0, 0.1) is 17.8 Å². The van der Waals surface area contributed by atoms with Crippen molar-refractivity contribution in [2.45, 2.75) is 63.8 Å². The predicted molar refractivity (Wildman–Crippen MR) is 157 cm³/mol. The summed E-state index contributed by atoms with van der Waals surface area (Å²) in [5, 5.41) is 16.4. The molecule has 2 bridgehead atoms. The molecule has 2 aromatic carbocycles. The molecule has 3 amide bonds. The van der Waals surface area contributed by atoms with Gasteiger partial charge in [-0.2, -0.15) is 0 Å². The van der Waals surface area contributed by atoms with Gasteiger partial charge in [0.05, 0.1) is 30.1 Å². The fourth-order valence-electron chi connectivity index (χ4n) is 7.62. The normalized spacial score (nSPS) is 30.7. The summed E-state index contributed by atoms with van der Waals surface area (Å²) in [4.78, 5) is 45.6. The highest BCUT2D eigenvalue weighted by Crippen LogP contribution is 2.65. The number of hydrogen-bond donors (Lipinski definition) is 3. The number of fused-ring (bicyclic) bond motifs is 1. The average Bonchev–Trinajstić information content (AvgIpc) is 3.49. The lowest BCUT2D eigenvalue weighted by atomic mass is 9.62. The molecule has 9 heteroatoms. The largest absolute Gasteiger partial charge is 0.394 e. The molecular formula is C32H42N4O5. The Bertz CT molecular complexity index is 1280. The molecular weight excluding hydrogens is 520 g/mol. The molecule has 3 unspecified atom stereocenters. The molecule has 5 rings (SSSR count). The number of aliphatic hydroxyl groups excluding tert-OH is 1. The highest BCUT2D eigenvalue weighted by atomic mass is 16.5. The Morgan fingerprint density at radius 3 is 2.34 bits per heavy atom. The average molecular weight is 563 g/mol. The van der Waals surface area contributed by atoms with E-state index in [1.807, 2.05) is 68.4 Å². The maximum atomic E-state index is 14.4. The topological polar surface area (TPSA) is 111 Å². The Labute approximate surface area is 242 Å². The number of aliphatic hydroxyl groups is 1. The third kappa shape index (κ3) is 4.59. The molecule has 0 aromatic heterocycles. The third-order valence-electron chi connectivity index (χ3n) is 9.71. The molecule has 3 saturated heterocycles. The number of nitrogens with zero attached hydrogens (tertiary/aromatic N) is 2. The van der Waals surface area contributed by atoms with Crippen molar-refractivity contribution in [2.75, 3.05) is 37.0 Å². The zero-order valence-electron chi connectivity index (χ0n) is 24.6. The molecule has 3 heterocycles. The Hall–Kier alpha value is -3.43. The number of hydrogen-bond acceptors (Lipinski definition) is 6. The van der Waals surface area contributed by atoms with Crippen molar-refractivity contribution < 1.29 is 24.2 Å². The molecule has 2 aromatic rings. The van der Waals surface area contributed by atoms with Crippen LogP contribution < -0.4 is 15.5 Å². The predicted octanol–water partition coefficient (Wildman–Crippen LogP) is 2.83. The molecule has 0 aliphatic carbocycles. The van der Waals surface area contributed by atoms with Crippen LogP contribution in [0.25, 0.3) is 0 Å². The SMILES string of the molecule is CCN(CC)c1ccc(NC(=O)C2N([C@@H](CO)Cc3ccccc3)C(=O)[C@@H]3[C@H](C(=O)NC)[C@@]4(C)OC23CC4C)cc1. The van der Waals surface area contributed by atoms with Gasteiger partial charge in [0, 0.05) is 31.5 Å². The van der Waals surface area contributed by atoms with Crippen LogP contribution in [-0.4, -0.2) is 77.8 Å². The first-order chi connectivity index (χ1) is 19.6. The molecule has 41 heavy (non-hydrogen) atoms. The van der Waals surface area contributed by atoms with Crippen molar-refractivity contribution in [1.82, 2.24) is 10.2 Å². The molecule has 7 atom stereocenters. The lowest BCUT2D eigenvalue weighted by Gasteiger charge is -2.37. The van der Waals surface area contributed by atoms with Gasteiger partial charge in [0.2, 0.25) is 17.7 Å². The summed E-state index contributed by atoms with van der Waals surface area (Å²) in [7, 11) is 1.56. The van der Waals surface area contributed by atoms with Crippen LogP contribution in [0.2, 0.25) is 0 Å². The molecule has 3 fully saturated rings. The van der Waals surface area contributed by atoms with Crippen molar-refractivity contribution in [1.29, 1.82) is 0 Å². The van der Waals surface area contributed by atoms with Crippen molar-refractivity contribution in [2.24, 2.45) is 17.8 Å². The van der Waals surface area contributed by atoms with E-state index >= 15 is 0 Å². The van der Waals surface area contributed by atoms with Gasteiger partial charge >= 0.3 is 0 Å². The standard InChI is InChI=1S/C32H42N4O5/c1-6-35(7-2)23-15-13-22(14-16-23)34-29(39)27-32-18-20(3)31(4,41-32)25(28(38)33-5)26(32)30(40)36(27)24(19-37)17-21-11-9-8-10-12-21/h8-16,20,24-27,37H,6-7,17-19H2,1-5H3,(H,33,38)(H,34,39)/t20?,24-,25-,26+,27?,31+,32?/m1/s1. The minimum absolute atomic E-state index is 0.0563. The van der Waals surface area contributed by atoms with Crippen LogP contribution in [0.5, 0.6) is 0 Å². The van der Waals surface area contributed by atoms with E-state index in [1.54, 1.807) is 7.05 Å². The number of anilines is 2. The lowest BCUT2D eigenvalue weighted by molar-refractivity contribution is -0.149. The van der Waals surface area contributed by atoms with Gasteiger partial charge in [-0.1, -0.05) is 37.3 Å². The minimum atomic E-state index is -1.18. The second kappa shape index (κ2) is 11.1. The van der Waals surface area contributed by atoms with E-state index in [4.69, 9.17) is 4.74 Å². The van der Waals surface area contributed by atoms with Crippen LogP contribution >= 0.6 is 0 Å². The molecule has 1 spiro atoms. The summed E-state index contributed by atoms with van der Waals surface area (Å²) in [6, 6.07) is 15.6. The number of benzene rings is 2. The first-order valence-corrected chi connectivity index (χ1v) is 14.7. The van der Waals surface area contributed by atoms with Crippen LogP contribution in [0.4, 0.5) is 11.4 Å². The fraction of sp³-hybridized carbons (Fsp3) is 0.531. The van der Waals surface area contributed by atoms with Gasteiger partial charge < -0.3 is 30.3 Å². The zero-order valence-corrected chi connectivity index (χ0v) is 24.6. The molecule has 3 aliphatic heterocycles. The van der Waals surface area contributed by atoms with Crippen molar-refractivity contribution in [3.63, 3.8) is 0 Å². The van der Waals surface area contributed by atoms with Crippen LogP contribution in [0.1, 0.15) is 39.7 Å². The number of ether oxygens (including phenoxy) is 1. The van der Waals surface area contributed by atoms with E-state index in [2.05, 4.69) is 29.4 Å². The Kier molecular flexibility index (Phi) is 7.87. The number of carbonyl (C=O) groups is 3. The summed E-state index contributed by atoms with van der Waals surface area (Å²) < 4.78 is 6.74. The summed E-state index contributed by atoms with van der Waals surface area (Å²) in [5.41, 5.74) is 0.535. The second-order valence-corrected chi connectivity index (χ2v) is 11.8. The van der Waals surface area contributed by atoms with Gasteiger partial charge in [-0.3, -0.25) is 14.4 Å². The van der Waals surface area contributed by atoms with Gasteiger partial charge in [0.1, 0.15) is 11.6 Å². The third-order valence-corrected chi connectivity index (χ3v) is 9.71. The molecule has 3 N–H and O–H groups in total. The Morgan fingerprint density at radius 1 is 1.10 bits per heavy atom. The molecule has 220 valence electrons. The zero-order chi connectivity index (χ0) is 29.5. The maximum Gasteiger partial charge on any atom is 0.250 e. The van der Waals surface area contributed by atoms with Crippen molar-refractivity contribution in [3.05, 3.63) is 60.2 Å². The smallest absolute Gasteiger partial charge is 0.250 e. The van der Waals surface area contributed by atoms with E-state index in [1.165, 1.54) is 4.90 Å². The number of rotatable bonds is 10. The van der Waals surface area contributed by atoms with Gasteiger partial charge in [0.15, 0.2) is 0 Å². The van der Waals surface area contributed by atoms with Gasteiger partial charge in [-0.15, -0.1) is 0 Å². The van der Waals surface area contributed by atoms with Gasteiger partial charge in [0.25, 0.3) is 0 Å². The van der Waals surface area contributed by atoms with E-state index in [0.29, 0.717) is 18.5 Å². The van der Waals surface area contributed by atoms with E-state index in [-0.39, 0.29) is 30.2 Å². The molecule has 0 saturated carbocycles. The highest BCUT2D eigenvalue weighted by molar-refractivity contribution is 6.04. The summed E-state index contributed by atoms with van der Waals surface area (Å²) in [6.07, 6.45) is 0.831. The first-order valence-electron chi connectivity index (χ1n) is 14.7. The molecule has 3 aliphatic rings. The number of amides is 3. The molecule has 0 radical (unpaired) electrons. The summed E-state index contributed by atoms with van der Waals surface area (Å²) in [6.45, 7) is 9.50. The highest BCUT2D eigenvalue weighted by Gasteiger charge is 2.80. The van der Waals surface area contributed by atoms with E-state index < -0.39 is 35.1 Å². The number of likely N-dealkylation sites (tertiary alicyclic amines) is 1. The lowest BCUT2D eigenvalue weighted by Crippen LogP contribution is -2.57. The van der Waals surface area contributed by atoms with Crippen LogP contribution in [0.15, 0.2) is 54.6 Å². The monoisotopic (exact) mass is 562 g/mol. The van der Waals surface area contributed by atoms with Gasteiger partial charge in [-0.05, 0) is 69.4 Å². The first kappa shape index (κ1) is 29.1. The Balaban J connectivity index is 1.54. The number of carbonyl (C=O) groups excluding carboxylic acids is 3. The maximum absolute atomic E-state index is 14.4. The minimum Gasteiger partial charge on any atom is -0.394 e. The van der Waals surface area contributed by atoms with Crippen molar-refractivity contribution in [3.8, 4) is 0 Å². The van der Waals surface area contributed by atoms with Crippen molar-refractivity contribution >= 4 is 29.1 Å². The fourth-order valence-corrected chi connectivity index (χ4v) is 7.62.